The smallest absolute Gasteiger partial charge is 0.261 e. The number of anilines is 2. The summed E-state index contributed by atoms with van der Waals surface area (Å²) in [5.74, 6) is -0.428. The average molecular weight is 382 g/mol. The lowest BCUT2D eigenvalue weighted by Gasteiger charge is -2.11. The molecule has 8 heteroatoms. The number of rotatable bonds is 6. The molecule has 1 heterocycles. The molecule has 0 saturated carbocycles. The Morgan fingerprint density at radius 1 is 1.04 bits per heavy atom. The lowest BCUT2D eigenvalue weighted by Crippen LogP contribution is -2.23. The number of hydrogen-bond acceptors (Lipinski definition) is 5. The number of amides is 1. The van der Waals surface area contributed by atoms with Crippen molar-refractivity contribution in [1.29, 1.82) is 0 Å². The summed E-state index contributed by atoms with van der Waals surface area (Å²) in [5, 5.41) is 2.72. The van der Waals surface area contributed by atoms with Gasteiger partial charge in [-0.05, 0) is 42.0 Å². The minimum Gasteiger partial charge on any atom is -0.399 e. The summed E-state index contributed by atoms with van der Waals surface area (Å²) < 4.78 is 27.7. The van der Waals surface area contributed by atoms with Crippen LogP contribution in [-0.2, 0) is 16.6 Å². The number of carbonyl (C=O) groups is 1. The van der Waals surface area contributed by atoms with Crippen LogP contribution in [0.1, 0.15) is 15.9 Å². The number of hydrogen-bond donors (Lipinski definition) is 3. The van der Waals surface area contributed by atoms with Crippen LogP contribution in [-0.4, -0.2) is 19.3 Å². The summed E-state index contributed by atoms with van der Waals surface area (Å²) in [6.45, 7) is 0.270. The van der Waals surface area contributed by atoms with Crippen LogP contribution in [0.25, 0.3) is 0 Å². The maximum absolute atomic E-state index is 12.6. The van der Waals surface area contributed by atoms with Gasteiger partial charge in [0.05, 0.1) is 4.90 Å². The standard InChI is InChI=1S/C19H18N4O3S/c20-16-9-15(19(24)22-13-14-5-4-8-21-12-14)10-18(11-16)27(25,26)23-17-6-2-1-3-7-17/h1-12,23H,13,20H2,(H,22,24). The lowest BCUT2D eigenvalue weighted by molar-refractivity contribution is 0.0950. The average Bonchev–Trinajstić information content (AvgIpc) is 2.67. The predicted octanol–water partition coefficient (Wildman–Crippen LogP) is 2.39. The zero-order valence-corrected chi connectivity index (χ0v) is 15.1. The number of carbonyl (C=O) groups excluding carboxylic acids is 1. The number of nitrogens with one attached hydrogen (secondary N) is 2. The van der Waals surface area contributed by atoms with E-state index in [2.05, 4.69) is 15.0 Å². The van der Waals surface area contributed by atoms with Gasteiger partial charge in [0, 0.05) is 35.9 Å². The highest BCUT2D eigenvalue weighted by Gasteiger charge is 2.18. The van der Waals surface area contributed by atoms with Crippen molar-refractivity contribution in [3.63, 3.8) is 0 Å². The normalized spacial score (nSPS) is 11.0. The Labute approximate surface area is 157 Å². The molecule has 2 aromatic carbocycles. The van der Waals surface area contributed by atoms with Gasteiger partial charge in [-0.1, -0.05) is 24.3 Å². The monoisotopic (exact) mass is 382 g/mol. The maximum Gasteiger partial charge on any atom is 0.261 e. The minimum atomic E-state index is -3.88. The summed E-state index contributed by atoms with van der Waals surface area (Å²) in [4.78, 5) is 16.3. The first-order valence-corrected chi connectivity index (χ1v) is 9.58. The van der Waals surface area contributed by atoms with Gasteiger partial charge in [0.25, 0.3) is 15.9 Å². The maximum atomic E-state index is 12.6. The number of para-hydroxylation sites is 1. The number of aromatic nitrogens is 1. The Kier molecular flexibility index (Phi) is 5.37. The molecule has 0 aliphatic carbocycles. The van der Waals surface area contributed by atoms with E-state index in [4.69, 9.17) is 5.73 Å². The van der Waals surface area contributed by atoms with E-state index in [9.17, 15) is 13.2 Å². The minimum absolute atomic E-state index is 0.0853. The zero-order valence-electron chi connectivity index (χ0n) is 14.3. The molecule has 0 saturated heterocycles. The molecule has 3 aromatic rings. The number of nitrogen functional groups attached to an aromatic ring is 1. The van der Waals surface area contributed by atoms with E-state index in [1.165, 1.54) is 18.2 Å². The molecule has 138 valence electrons. The van der Waals surface area contributed by atoms with Gasteiger partial charge in [0.2, 0.25) is 0 Å². The number of nitrogens with zero attached hydrogens (tertiary/aromatic N) is 1. The molecule has 1 amide bonds. The number of benzene rings is 2. The van der Waals surface area contributed by atoms with E-state index in [0.717, 1.165) is 5.56 Å². The first-order valence-electron chi connectivity index (χ1n) is 8.09. The summed E-state index contributed by atoms with van der Waals surface area (Å²) >= 11 is 0. The predicted molar refractivity (Wildman–Crippen MR) is 104 cm³/mol. The molecule has 0 spiro atoms. The first kappa shape index (κ1) is 18.4. The molecule has 0 aliphatic rings. The van der Waals surface area contributed by atoms with Gasteiger partial charge in [-0.3, -0.25) is 14.5 Å². The number of sulfonamides is 1. The third-order valence-corrected chi connectivity index (χ3v) is 5.06. The van der Waals surface area contributed by atoms with Crippen LogP contribution in [0.15, 0.2) is 78.0 Å². The molecule has 1 aromatic heterocycles. The van der Waals surface area contributed by atoms with Crippen molar-refractivity contribution >= 4 is 27.3 Å². The van der Waals surface area contributed by atoms with Gasteiger partial charge in [0.1, 0.15) is 0 Å². The summed E-state index contributed by atoms with van der Waals surface area (Å²) in [7, 11) is -3.88. The Morgan fingerprint density at radius 3 is 2.52 bits per heavy atom. The Morgan fingerprint density at radius 2 is 1.81 bits per heavy atom. The fraction of sp³-hybridized carbons (Fsp3) is 0.0526. The largest absolute Gasteiger partial charge is 0.399 e. The highest BCUT2D eigenvalue weighted by Crippen LogP contribution is 2.20. The second-order valence-corrected chi connectivity index (χ2v) is 7.49. The molecule has 0 atom stereocenters. The van der Waals surface area contributed by atoms with E-state index < -0.39 is 15.9 Å². The quantitative estimate of drug-likeness (QED) is 0.567. The van der Waals surface area contributed by atoms with Crippen molar-refractivity contribution in [2.24, 2.45) is 0 Å². The second-order valence-electron chi connectivity index (χ2n) is 5.81. The van der Waals surface area contributed by atoms with Gasteiger partial charge in [0.15, 0.2) is 0 Å². The zero-order chi connectivity index (χ0) is 19.3. The molecule has 7 nitrogen and oxygen atoms in total. The molecule has 0 bridgehead atoms. The van der Waals surface area contributed by atoms with Crippen molar-refractivity contribution in [2.75, 3.05) is 10.5 Å². The van der Waals surface area contributed by atoms with Crippen molar-refractivity contribution in [3.05, 3.63) is 84.2 Å². The molecule has 0 unspecified atom stereocenters. The number of pyridine rings is 1. The molecule has 3 rings (SSSR count). The Hall–Kier alpha value is -3.39. The van der Waals surface area contributed by atoms with E-state index in [0.29, 0.717) is 5.69 Å². The second kappa shape index (κ2) is 7.88. The van der Waals surface area contributed by atoms with Gasteiger partial charge in [-0.15, -0.1) is 0 Å². The van der Waals surface area contributed by atoms with Crippen LogP contribution in [0.5, 0.6) is 0 Å². The van der Waals surface area contributed by atoms with Gasteiger partial charge in [-0.2, -0.15) is 0 Å². The summed E-state index contributed by atoms with van der Waals surface area (Å²) in [6.07, 6.45) is 3.28. The molecule has 27 heavy (non-hydrogen) atoms. The van der Waals surface area contributed by atoms with Crippen molar-refractivity contribution in [1.82, 2.24) is 10.3 Å². The molecule has 0 fully saturated rings. The van der Waals surface area contributed by atoms with Crippen molar-refractivity contribution in [2.45, 2.75) is 11.4 Å². The van der Waals surface area contributed by atoms with Crippen LogP contribution < -0.4 is 15.8 Å². The van der Waals surface area contributed by atoms with Gasteiger partial charge in [-0.25, -0.2) is 8.42 Å². The molecular formula is C19H18N4O3S. The van der Waals surface area contributed by atoms with Gasteiger partial charge >= 0.3 is 0 Å². The highest BCUT2D eigenvalue weighted by molar-refractivity contribution is 7.92. The molecular weight excluding hydrogens is 364 g/mol. The van der Waals surface area contributed by atoms with Crippen LogP contribution >= 0.6 is 0 Å². The van der Waals surface area contributed by atoms with E-state index in [1.807, 2.05) is 6.07 Å². The van der Waals surface area contributed by atoms with Gasteiger partial charge < -0.3 is 11.1 Å². The Balaban J connectivity index is 1.80. The molecule has 0 radical (unpaired) electrons. The van der Waals surface area contributed by atoms with Crippen molar-refractivity contribution < 1.29 is 13.2 Å². The first-order chi connectivity index (χ1) is 12.9. The van der Waals surface area contributed by atoms with Crippen LogP contribution in [0, 0.1) is 0 Å². The van der Waals surface area contributed by atoms with Crippen molar-refractivity contribution in [3.8, 4) is 0 Å². The Bertz CT molecular complexity index is 1040. The van der Waals surface area contributed by atoms with E-state index in [-0.39, 0.29) is 22.7 Å². The van der Waals surface area contributed by atoms with E-state index in [1.54, 1.807) is 48.8 Å². The summed E-state index contributed by atoms with van der Waals surface area (Å²) in [5.41, 5.74) is 7.40. The van der Waals surface area contributed by atoms with Crippen LogP contribution in [0.3, 0.4) is 0 Å². The van der Waals surface area contributed by atoms with Crippen LogP contribution in [0.4, 0.5) is 11.4 Å². The molecule has 4 N–H and O–H groups in total. The SMILES string of the molecule is Nc1cc(C(=O)NCc2cccnc2)cc(S(=O)(=O)Nc2ccccc2)c1. The fourth-order valence-corrected chi connectivity index (χ4v) is 3.55. The lowest BCUT2D eigenvalue weighted by atomic mass is 10.2. The topological polar surface area (TPSA) is 114 Å². The van der Waals surface area contributed by atoms with Crippen LogP contribution in [0.2, 0.25) is 0 Å². The molecule has 0 aliphatic heterocycles. The van der Waals surface area contributed by atoms with E-state index >= 15 is 0 Å². The fourth-order valence-electron chi connectivity index (χ4n) is 2.42. The third-order valence-electron chi connectivity index (χ3n) is 3.70. The highest BCUT2D eigenvalue weighted by atomic mass is 32.2. The third kappa shape index (κ3) is 4.83. The summed E-state index contributed by atoms with van der Waals surface area (Å²) in [6, 6.07) is 16.1. The number of nitrogens with two attached hydrogens (primary N) is 1.